The summed E-state index contributed by atoms with van der Waals surface area (Å²) >= 11 is 0. The molecule has 0 amide bonds. The van der Waals surface area contributed by atoms with Gasteiger partial charge < -0.3 is 61.6 Å². The molecule has 2 fully saturated rings. The monoisotopic (exact) mass is 1310 g/mol. The molecule has 11 rings (SSSR count). The molecule has 0 radical (unpaired) electrons. The highest BCUT2D eigenvalue weighted by Crippen LogP contribution is 2.44. The van der Waals surface area contributed by atoms with Crippen LogP contribution in [0.25, 0.3) is 0 Å². The minimum atomic E-state index is -2.12. The van der Waals surface area contributed by atoms with Crippen LogP contribution < -0.4 is 9.47 Å². The molecule has 2 saturated heterocycles. The molecule has 0 spiro atoms. The summed E-state index contributed by atoms with van der Waals surface area (Å²) < 4.78 is 84.0. The summed E-state index contributed by atoms with van der Waals surface area (Å²) in [7, 11) is 3.06. The van der Waals surface area contributed by atoms with Gasteiger partial charge in [-0.1, -0.05) is 164 Å². The zero-order chi connectivity index (χ0) is 67.7. The molecule has 97 heavy (non-hydrogen) atoms. The van der Waals surface area contributed by atoms with E-state index < -0.39 is 122 Å². The lowest BCUT2D eigenvalue weighted by Gasteiger charge is -2.49. The Morgan fingerprint density at radius 2 is 0.619 bits per heavy atom. The third kappa shape index (κ3) is 16.1. The Labute approximate surface area is 558 Å². The largest absolute Gasteiger partial charge is 0.497 e. The van der Waals surface area contributed by atoms with Crippen LogP contribution >= 0.6 is 0 Å². The number of rotatable bonds is 24. The number of esters is 7. The van der Waals surface area contributed by atoms with Crippen molar-refractivity contribution in [3.05, 3.63) is 311 Å². The number of hydrogen-bond donors (Lipinski definition) is 0. The van der Waals surface area contributed by atoms with E-state index in [9.17, 15) is 24.0 Å². The number of carbonyl (C=O) groups excluding carboxylic acids is 7. The van der Waals surface area contributed by atoms with Crippen molar-refractivity contribution in [1.29, 1.82) is 0 Å². The molecule has 2 aliphatic rings. The first-order valence-electron chi connectivity index (χ1n) is 30.9. The molecule has 20 nitrogen and oxygen atoms in total. The fourth-order valence-corrected chi connectivity index (χ4v) is 11.3. The van der Waals surface area contributed by atoms with Crippen molar-refractivity contribution < 1.29 is 95.1 Å². The zero-order valence-corrected chi connectivity index (χ0v) is 52.7. The van der Waals surface area contributed by atoms with E-state index in [0.717, 1.165) is 6.92 Å². The first kappa shape index (κ1) is 67.1. The van der Waals surface area contributed by atoms with Gasteiger partial charge in [-0.3, -0.25) is 4.79 Å². The molecular formula is C77H66O20. The Balaban J connectivity index is 1.12. The van der Waals surface area contributed by atoms with Crippen LogP contribution in [0.15, 0.2) is 261 Å². The highest BCUT2D eigenvalue weighted by atomic mass is 16.8. The molecule has 9 aromatic rings. The molecule has 0 unspecified atom stereocenters. The van der Waals surface area contributed by atoms with Crippen molar-refractivity contribution in [3.63, 3.8) is 0 Å². The maximum Gasteiger partial charge on any atom is 0.338 e. The molecule has 0 bridgehead atoms. The summed E-state index contributed by atoms with van der Waals surface area (Å²) in [6, 6.07) is 70.4. The molecule has 0 saturated carbocycles. The second-order valence-electron chi connectivity index (χ2n) is 22.3. The van der Waals surface area contributed by atoms with Gasteiger partial charge in [0, 0.05) is 6.92 Å². The molecular weight excluding hydrogens is 1240 g/mol. The Hall–Kier alpha value is -11.3. The lowest BCUT2D eigenvalue weighted by atomic mass is 9.80. The fraction of sp³-hybridized carbons (Fsp3) is 0.208. The Morgan fingerprint density at radius 3 is 0.990 bits per heavy atom. The minimum Gasteiger partial charge on any atom is -0.497 e. The molecule has 2 aliphatic heterocycles. The lowest BCUT2D eigenvalue weighted by molar-refractivity contribution is -0.354. The molecule has 0 aromatic heterocycles. The van der Waals surface area contributed by atoms with E-state index in [4.69, 9.17) is 61.6 Å². The Bertz CT molecular complexity index is 4050. The highest BCUT2D eigenvalue weighted by molar-refractivity contribution is 5.92. The second-order valence-corrected chi connectivity index (χ2v) is 22.3. The van der Waals surface area contributed by atoms with Crippen LogP contribution in [0.3, 0.4) is 0 Å². The minimum absolute atomic E-state index is 0.00922. The van der Waals surface area contributed by atoms with Crippen molar-refractivity contribution in [2.75, 3.05) is 27.4 Å². The van der Waals surface area contributed by atoms with Crippen molar-refractivity contribution >= 4 is 41.8 Å². The molecule has 2 heterocycles. The number of ether oxygens (including phenoxy) is 13. The van der Waals surface area contributed by atoms with Gasteiger partial charge in [-0.25, -0.2) is 28.8 Å². The van der Waals surface area contributed by atoms with E-state index in [1.807, 2.05) is 54.6 Å². The first-order valence-corrected chi connectivity index (χ1v) is 30.9. The topological polar surface area (TPSA) is 239 Å². The predicted octanol–water partition coefficient (Wildman–Crippen LogP) is 11.4. The highest BCUT2D eigenvalue weighted by Gasteiger charge is 2.59. The summed E-state index contributed by atoms with van der Waals surface area (Å²) in [5.41, 5.74) is 0.234. The smallest absolute Gasteiger partial charge is 0.338 e. The van der Waals surface area contributed by atoms with E-state index in [2.05, 4.69) is 0 Å². The third-order valence-electron chi connectivity index (χ3n) is 16.0. The average molecular weight is 1310 g/mol. The first-order chi connectivity index (χ1) is 47.3. The predicted molar refractivity (Wildman–Crippen MR) is 347 cm³/mol. The Kier molecular flexibility index (Phi) is 22.0. The molecule has 20 heteroatoms. The number of benzene rings is 9. The number of carbonyl (C=O) groups is 7. The summed E-state index contributed by atoms with van der Waals surface area (Å²) in [4.78, 5) is 102. The molecule has 0 aliphatic carbocycles. The van der Waals surface area contributed by atoms with Crippen LogP contribution in [0.4, 0.5) is 0 Å². The SMILES string of the molecule is COc1ccc(C(OC[C@H]2O[C@@H](O[C@H]3[C@H](OC(=O)c4ccccc4)[C@H](OC(=O)c4ccccc4)[C@@H](OC(C)=O)O[C@@H]3COC(=O)c3ccccc3)[C@H](OC(=O)c3ccccc3)[C@@H](OC(=O)c3ccccc3)[C@H]2OC(=O)c2ccccc2)(c2ccccc2)c2ccc(OC)cc2)cc1. The van der Waals surface area contributed by atoms with Gasteiger partial charge in [0.2, 0.25) is 12.4 Å². The van der Waals surface area contributed by atoms with Crippen molar-refractivity contribution in [2.45, 2.75) is 73.9 Å². The van der Waals surface area contributed by atoms with E-state index in [-0.39, 0.29) is 33.4 Å². The van der Waals surface area contributed by atoms with Gasteiger partial charge in [-0.05, 0) is 114 Å². The normalized spacial score (nSPS) is 20.5. The van der Waals surface area contributed by atoms with E-state index in [0.29, 0.717) is 28.2 Å². The fourth-order valence-electron chi connectivity index (χ4n) is 11.3. The van der Waals surface area contributed by atoms with Crippen LogP contribution in [0.1, 0.15) is 85.8 Å². The molecule has 9 aromatic carbocycles. The van der Waals surface area contributed by atoms with Gasteiger partial charge in [0.1, 0.15) is 42.0 Å². The summed E-state index contributed by atoms with van der Waals surface area (Å²) in [6.45, 7) is -0.333. The van der Waals surface area contributed by atoms with Crippen molar-refractivity contribution in [3.8, 4) is 11.5 Å². The Morgan fingerprint density at radius 1 is 0.320 bits per heavy atom. The van der Waals surface area contributed by atoms with Crippen LogP contribution in [0, 0.1) is 0 Å². The zero-order valence-electron chi connectivity index (χ0n) is 52.7. The van der Waals surface area contributed by atoms with E-state index >= 15 is 9.59 Å². The lowest BCUT2D eigenvalue weighted by Crippen LogP contribution is -2.67. The van der Waals surface area contributed by atoms with Gasteiger partial charge in [0.05, 0.1) is 54.2 Å². The van der Waals surface area contributed by atoms with Gasteiger partial charge in [-0.15, -0.1) is 0 Å². The summed E-state index contributed by atoms with van der Waals surface area (Å²) in [6.07, 6.45) is -19.1. The van der Waals surface area contributed by atoms with Crippen molar-refractivity contribution in [2.24, 2.45) is 0 Å². The van der Waals surface area contributed by atoms with Crippen molar-refractivity contribution in [1.82, 2.24) is 0 Å². The average Bonchev–Trinajstić information content (AvgIpc) is 0.759. The quantitative estimate of drug-likeness (QED) is 0.0310. The summed E-state index contributed by atoms with van der Waals surface area (Å²) in [5.74, 6) is -5.77. The van der Waals surface area contributed by atoms with E-state index in [1.54, 1.807) is 133 Å². The van der Waals surface area contributed by atoms with Gasteiger partial charge in [0.15, 0.2) is 30.7 Å². The van der Waals surface area contributed by atoms with Crippen LogP contribution in [-0.4, -0.2) is 131 Å². The third-order valence-corrected chi connectivity index (χ3v) is 16.0. The van der Waals surface area contributed by atoms with Gasteiger partial charge >= 0.3 is 41.8 Å². The number of hydrogen-bond acceptors (Lipinski definition) is 20. The van der Waals surface area contributed by atoms with Crippen LogP contribution in [0.2, 0.25) is 0 Å². The number of methoxy groups -OCH3 is 2. The van der Waals surface area contributed by atoms with E-state index in [1.165, 1.54) is 87.0 Å². The van der Waals surface area contributed by atoms with Gasteiger partial charge in [0.25, 0.3) is 0 Å². The molecule has 10 atom stereocenters. The standard InChI is InChI=1S/C77H66O20/c1-49(78)89-75-67(95-73(83)54-33-19-8-20-34-54)66(94-72(82)53-31-17-7-18-32-53)64(61(90-75)47-87-69(79)50-25-11-4-12-26-50)97-76-68(96-74(84)55-35-21-9-22-36-55)65(93-71(81)52-29-15-6-16-30-52)63(92-70(80)51-27-13-5-14-28-51)62(91-76)48-88-77(56-37-23-10-24-38-56,57-39-43-59(85-2)44-40-57)58-41-45-60(86-3)46-42-58/h4-46,61-68,75-76H,47-48H2,1-3H3/t61-,62-,63+,64-,65+,66+,67+,68-,75+,76+/m1/s1. The summed E-state index contributed by atoms with van der Waals surface area (Å²) in [5, 5.41) is 0. The molecule has 0 N–H and O–H groups in total. The maximum atomic E-state index is 15.1. The second kappa shape index (κ2) is 31.8. The molecule has 494 valence electrons. The van der Waals surface area contributed by atoms with Crippen LogP contribution in [-0.2, 0) is 62.5 Å². The maximum absolute atomic E-state index is 15.1. The van der Waals surface area contributed by atoms with Crippen LogP contribution in [0.5, 0.6) is 11.5 Å². The van der Waals surface area contributed by atoms with Gasteiger partial charge in [-0.2, -0.15) is 0 Å².